The van der Waals surface area contributed by atoms with E-state index in [1.54, 1.807) is 53.4 Å². The van der Waals surface area contributed by atoms with E-state index < -0.39 is 11.2 Å². The Morgan fingerprint density at radius 3 is 2.43 bits per heavy atom. The fraction of sp³-hybridized carbons (Fsp3) is 0.318. The summed E-state index contributed by atoms with van der Waals surface area (Å²) in [7, 11) is 0. The predicted molar refractivity (Wildman–Crippen MR) is 112 cm³/mol. The van der Waals surface area contributed by atoms with E-state index in [2.05, 4.69) is 0 Å². The standard InChI is InChI=1S/C22H23N3O5/c1-2-30-17-9-7-16(8-10-17)25-21(27)18-5-3-4-6-19(18)24(22(25)28)15-20(26)23-11-13-29-14-12-23/h3-10H,2,11-15H2,1H3. The molecule has 1 aromatic heterocycles. The van der Waals surface area contributed by atoms with E-state index in [1.165, 1.54) is 4.57 Å². The molecule has 8 heteroatoms. The molecule has 1 fully saturated rings. The minimum absolute atomic E-state index is 0.142. The smallest absolute Gasteiger partial charge is 0.336 e. The second-order valence-corrected chi connectivity index (χ2v) is 6.95. The van der Waals surface area contributed by atoms with Crippen LogP contribution in [0.3, 0.4) is 0 Å². The molecule has 1 saturated heterocycles. The molecule has 3 aromatic rings. The van der Waals surface area contributed by atoms with E-state index in [-0.39, 0.29) is 12.5 Å². The van der Waals surface area contributed by atoms with Gasteiger partial charge in [-0.15, -0.1) is 0 Å². The van der Waals surface area contributed by atoms with Gasteiger partial charge in [-0.2, -0.15) is 0 Å². The van der Waals surface area contributed by atoms with Crippen LogP contribution in [0.2, 0.25) is 0 Å². The summed E-state index contributed by atoms with van der Waals surface area (Å²) in [5.74, 6) is 0.473. The van der Waals surface area contributed by atoms with Gasteiger partial charge in [0, 0.05) is 13.1 Å². The molecule has 0 spiro atoms. The van der Waals surface area contributed by atoms with Crippen LogP contribution < -0.4 is 16.0 Å². The number of amides is 1. The molecule has 0 radical (unpaired) electrons. The van der Waals surface area contributed by atoms with Crippen molar-refractivity contribution in [3.05, 3.63) is 69.4 Å². The number of fused-ring (bicyclic) bond motifs is 1. The summed E-state index contributed by atoms with van der Waals surface area (Å²) in [5.41, 5.74) is -0.109. The van der Waals surface area contributed by atoms with Crippen LogP contribution in [0.15, 0.2) is 58.1 Å². The van der Waals surface area contributed by atoms with Gasteiger partial charge in [-0.3, -0.25) is 14.2 Å². The number of carbonyl (C=O) groups is 1. The Bertz CT molecular complexity index is 1170. The molecule has 0 unspecified atom stereocenters. The lowest BCUT2D eigenvalue weighted by Crippen LogP contribution is -2.45. The molecule has 0 atom stereocenters. The lowest BCUT2D eigenvalue weighted by atomic mass is 10.2. The summed E-state index contributed by atoms with van der Waals surface area (Å²) >= 11 is 0. The zero-order valence-electron chi connectivity index (χ0n) is 16.7. The SMILES string of the molecule is CCOc1ccc(-n2c(=O)c3ccccc3n(CC(=O)N3CCOCC3)c2=O)cc1. The van der Waals surface area contributed by atoms with Crippen LogP contribution in [-0.2, 0) is 16.1 Å². The predicted octanol–water partition coefficient (Wildman–Crippen LogP) is 1.41. The summed E-state index contributed by atoms with van der Waals surface area (Å²) in [6.07, 6.45) is 0. The number of rotatable bonds is 5. The molecule has 0 aliphatic carbocycles. The number of ether oxygens (including phenoxy) is 2. The van der Waals surface area contributed by atoms with Crippen molar-refractivity contribution < 1.29 is 14.3 Å². The maximum Gasteiger partial charge on any atom is 0.336 e. The Kier molecular flexibility index (Phi) is 5.67. The molecule has 4 rings (SSSR count). The van der Waals surface area contributed by atoms with E-state index in [9.17, 15) is 14.4 Å². The van der Waals surface area contributed by atoms with Gasteiger partial charge in [-0.05, 0) is 43.3 Å². The Balaban J connectivity index is 1.82. The zero-order valence-corrected chi connectivity index (χ0v) is 16.7. The van der Waals surface area contributed by atoms with Gasteiger partial charge in [0.25, 0.3) is 5.56 Å². The molecular weight excluding hydrogens is 386 g/mol. The lowest BCUT2D eigenvalue weighted by molar-refractivity contribution is -0.135. The largest absolute Gasteiger partial charge is 0.494 e. The van der Waals surface area contributed by atoms with Crippen molar-refractivity contribution in [1.29, 1.82) is 0 Å². The highest BCUT2D eigenvalue weighted by Crippen LogP contribution is 2.15. The van der Waals surface area contributed by atoms with E-state index in [4.69, 9.17) is 9.47 Å². The summed E-state index contributed by atoms with van der Waals surface area (Å²) < 4.78 is 13.2. The van der Waals surface area contributed by atoms with Crippen molar-refractivity contribution in [1.82, 2.24) is 14.0 Å². The third-order valence-electron chi connectivity index (χ3n) is 5.11. The molecule has 8 nitrogen and oxygen atoms in total. The average molecular weight is 409 g/mol. The number of hydrogen-bond acceptors (Lipinski definition) is 5. The fourth-order valence-electron chi connectivity index (χ4n) is 3.61. The first-order valence-corrected chi connectivity index (χ1v) is 9.93. The Labute approximate surface area is 172 Å². The van der Waals surface area contributed by atoms with E-state index in [0.29, 0.717) is 55.2 Å². The third-order valence-corrected chi connectivity index (χ3v) is 5.11. The summed E-state index contributed by atoms with van der Waals surface area (Å²) in [6, 6.07) is 13.6. The van der Waals surface area contributed by atoms with Crippen LogP contribution in [0.25, 0.3) is 16.6 Å². The van der Waals surface area contributed by atoms with Crippen molar-refractivity contribution in [2.45, 2.75) is 13.5 Å². The van der Waals surface area contributed by atoms with Crippen molar-refractivity contribution in [3.8, 4) is 11.4 Å². The van der Waals surface area contributed by atoms with Gasteiger partial charge in [-0.1, -0.05) is 12.1 Å². The molecule has 2 heterocycles. The highest BCUT2D eigenvalue weighted by atomic mass is 16.5. The topological polar surface area (TPSA) is 82.8 Å². The molecule has 0 N–H and O–H groups in total. The van der Waals surface area contributed by atoms with Gasteiger partial charge in [-0.25, -0.2) is 9.36 Å². The van der Waals surface area contributed by atoms with Crippen LogP contribution >= 0.6 is 0 Å². The normalized spacial score (nSPS) is 14.1. The Hall–Kier alpha value is -3.39. The molecule has 0 saturated carbocycles. The third kappa shape index (κ3) is 3.73. The number of nitrogens with zero attached hydrogens (tertiary/aromatic N) is 3. The molecule has 1 amide bonds. The number of carbonyl (C=O) groups excluding carboxylic acids is 1. The molecule has 2 aromatic carbocycles. The maximum absolute atomic E-state index is 13.3. The van der Waals surface area contributed by atoms with Gasteiger partial charge < -0.3 is 14.4 Å². The molecule has 1 aliphatic heterocycles. The number of morpholine rings is 1. The van der Waals surface area contributed by atoms with Crippen molar-refractivity contribution in [3.63, 3.8) is 0 Å². The monoisotopic (exact) mass is 409 g/mol. The van der Waals surface area contributed by atoms with Crippen LogP contribution in [0, 0.1) is 0 Å². The second kappa shape index (κ2) is 8.54. The Morgan fingerprint density at radius 1 is 1.03 bits per heavy atom. The van der Waals surface area contributed by atoms with E-state index in [0.717, 1.165) is 4.57 Å². The second-order valence-electron chi connectivity index (χ2n) is 6.95. The van der Waals surface area contributed by atoms with Crippen LogP contribution in [0.1, 0.15) is 6.92 Å². The average Bonchev–Trinajstić information content (AvgIpc) is 2.78. The molecule has 0 bridgehead atoms. The maximum atomic E-state index is 13.3. The first-order valence-electron chi connectivity index (χ1n) is 9.93. The minimum Gasteiger partial charge on any atom is -0.494 e. The zero-order chi connectivity index (χ0) is 21.1. The first kappa shape index (κ1) is 19.9. The fourth-order valence-corrected chi connectivity index (χ4v) is 3.61. The first-order chi connectivity index (χ1) is 14.6. The van der Waals surface area contributed by atoms with Gasteiger partial charge in [0.1, 0.15) is 12.3 Å². The van der Waals surface area contributed by atoms with Gasteiger partial charge in [0.2, 0.25) is 5.91 Å². The summed E-state index contributed by atoms with van der Waals surface area (Å²) in [4.78, 5) is 40.9. The van der Waals surface area contributed by atoms with Crippen molar-refractivity contribution >= 4 is 16.8 Å². The van der Waals surface area contributed by atoms with Gasteiger partial charge in [0.05, 0.1) is 36.4 Å². The van der Waals surface area contributed by atoms with Crippen LogP contribution in [0.4, 0.5) is 0 Å². The number of aromatic nitrogens is 2. The Morgan fingerprint density at radius 2 is 1.73 bits per heavy atom. The highest BCUT2D eigenvalue weighted by molar-refractivity contribution is 5.82. The number of hydrogen-bond donors (Lipinski definition) is 0. The quantitative estimate of drug-likeness (QED) is 0.636. The van der Waals surface area contributed by atoms with Gasteiger partial charge in [0.15, 0.2) is 0 Å². The van der Waals surface area contributed by atoms with Crippen LogP contribution in [-0.4, -0.2) is 52.9 Å². The number of para-hydroxylation sites is 1. The summed E-state index contributed by atoms with van der Waals surface area (Å²) in [5, 5.41) is 0.376. The molecule has 30 heavy (non-hydrogen) atoms. The van der Waals surface area contributed by atoms with E-state index in [1.807, 2.05) is 6.92 Å². The van der Waals surface area contributed by atoms with Gasteiger partial charge >= 0.3 is 5.69 Å². The van der Waals surface area contributed by atoms with E-state index >= 15 is 0 Å². The van der Waals surface area contributed by atoms with Crippen molar-refractivity contribution in [2.24, 2.45) is 0 Å². The lowest BCUT2D eigenvalue weighted by Gasteiger charge is -2.27. The highest BCUT2D eigenvalue weighted by Gasteiger charge is 2.21. The molecule has 1 aliphatic rings. The summed E-state index contributed by atoms with van der Waals surface area (Å²) in [6.45, 7) is 4.20. The minimum atomic E-state index is -0.551. The molecular formula is C22H23N3O5. The van der Waals surface area contributed by atoms with Crippen molar-refractivity contribution in [2.75, 3.05) is 32.9 Å². The molecule has 156 valence electrons. The van der Waals surface area contributed by atoms with Crippen LogP contribution in [0.5, 0.6) is 5.75 Å². The number of benzene rings is 2.